The van der Waals surface area contributed by atoms with E-state index in [0.29, 0.717) is 5.56 Å². The topological polar surface area (TPSA) is 55.4 Å². The van der Waals surface area contributed by atoms with Gasteiger partial charge in [0.1, 0.15) is 11.6 Å². The van der Waals surface area contributed by atoms with Gasteiger partial charge in [0, 0.05) is 6.08 Å². The molecule has 0 aliphatic rings. The lowest BCUT2D eigenvalue weighted by atomic mass is 10.2. The average molecular weight is 366 g/mol. The van der Waals surface area contributed by atoms with Gasteiger partial charge in [-0.1, -0.05) is 23.7 Å². The molecule has 25 heavy (non-hydrogen) atoms. The molecule has 0 bridgehead atoms. The molecule has 0 aliphatic heterocycles. The second-order valence-electron chi connectivity index (χ2n) is 5.08. The van der Waals surface area contributed by atoms with Crippen LogP contribution in [0.15, 0.2) is 48.5 Å². The Morgan fingerprint density at radius 3 is 2.40 bits per heavy atom. The van der Waals surface area contributed by atoms with Crippen LogP contribution >= 0.6 is 11.6 Å². The Labute approximate surface area is 148 Å². The molecule has 2 rings (SSSR count). The Morgan fingerprint density at radius 2 is 1.76 bits per heavy atom. The van der Waals surface area contributed by atoms with Crippen LogP contribution in [-0.2, 0) is 14.3 Å². The highest BCUT2D eigenvalue weighted by molar-refractivity contribution is 6.33. The number of ether oxygens (including phenoxy) is 1. The fourth-order valence-electron chi connectivity index (χ4n) is 1.83. The van der Waals surface area contributed by atoms with Crippen molar-refractivity contribution in [1.29, 1.82) is 0 Å². The maximum absolute atomic E-state index is 13.0. The molecule has 2 aromatic rings. The second kappa shape index (κ2) is 8.39. The minimum atomic E-state index is -1.09. The Hall–Kier alpha value is -2.73. The lowest BCUT2D eigenvalue weighted by Gasteiger charge is -2.13. The molecule has 0 saturated heterocycles. The van der Waals surface area contributed by atoms with Gasteiger partial charge in [0.05, 0.1) is 10.7 Å². The summed E-state index contributed by atoms with van der Waals surface area (Å²) in [4.78, 5) is 23.7. The van der Waals surface area contributed by atoms with Crippen molar-refractivity contribution in [2.75, 3.05) is 5.32 Å². The summed E-state index contributed by atoms with van der Waals surface area (Å²) in [7, 11) is 0. The Bertz CT molecular complexity index is 806. The third-order valence-electron chi connectivity index (χ3n) is 3.13. The predicted octanol–water partition coefficient (Wildman–Crippen LogP) is 4.20. The van der Waals surface area contributed by atoms with Crippen molar-refractivity contribution in [1.82, 2.24) is 0 Å². The Balaban J connectivity index is 1.91. The number of halogens is 3. The van der Waals surface area contributed by atoms with Crippen molar-refractivity contribution in [3.8, 4) is 0 Å². The number of esters is 1. The summed E-state index contributed by atoms with van der Waals surface area (Å²) in [6.07, 6.45) is 1.47. The van der Waals surface area contributed by atoms with Gasteiger partial charge in [0.15, 0.2) is 6.10 Å². The molecular weight excluding hydrogens is 352 g/mol. The zero-order valence-electron chi connectivity index (χ0n) is 13.1. The monoisotopic (exact) mass is 365 g/mol. The first kappa shape index (κ1) is 18.6. The number of hydrogen-bond donors (Lipinski definition) is 1. The van der Waals surface area contributed by atoms with Gasteiger partial charge in [0.2, 0.25) is 0 Å². The van der Waals surface area contributed by atoms with E-state index in [1.165, 1.54) is 43.3 Å². The highest BCUT2D eigenvalue weighted by atomic mass is 35.5. The number of carbonyl (C=O) groups is 2. The number of amides is 1. The lowest BCUT2D eigenvalue weighted by Crippen LogP contribution is -2.29. The van der Waals surface area contributed by atoms with Crippen LogP contribution < -0.4 is 5.32 Å². The van der Waals surface area contributed by atoms with Crippen LogP contribution in [0.2, 0.25) is 5.02 Å². The zero-order valence-corrected chi connectivity index (χ0v) is 13.9. The van der Waals surface area contributed by atoms with Crippen LogP contribution in [0.3, 0.4) is 0 Å². The molecule has 0 fully saturated rings. The van der Waals surface area contributed by atoms with Gasteiger partial charge in [-0.25, -0.2) is 13.6 Å². The number of rotatable bonds is 5. The maximum Gasteiger partial charge on any atom is 0.331 e. The standard InChI is InChI=1S/C18H14ClF2NO3/c1-11(18(24)22-16-8-7-14(21)10-15(16)19)25-17(23)9-4-12-2-5-13(20)6-3-12/h2-11H,1H3,(H,22,24)/b9-4+. The van der Waals surface area contributed by atoms with Gasteiger partial charge in [-0.3, -0.25) is 4.79 Å². The molecule has 4 nitrogen and oxygen atoms in total. The van der Waals surface area contributed by atoms with Gasteiger partial charge in [-0.05, 0) is 48.9 Å². The molecule has 1 amide bonds. The molecule has 2 aromatic carbocycles. The predicted molar refractivity (Wildman–Crippen MR) is 91.0 cm³/mol. The van der Waals surface area contributed by atoms with Crippen molar-refractivity contribution in [2.45, 2.75) is 13.0 Å². The molecule has 1 unspecified atom stereocenters. The van der Waals surface area contributed by atoms with Crippen LogP contribution in [0.25, 0.3) is 6.08 Å². The lowest BCUT2D eigenvalue weighted by molar-refractivity contribution is -0.148. The number of hydrogen-bond acceptors (Lipinski definition) is 3. The van der Waals surface area contributed by atoms with Gasteiger partial charge < -0.3 is 10.1 Å². The summed E-state index contributed by atoms with van der Waals surface area (Å²) in [5.74, 6) is -2.27. The van der Waals surface area contributed by atoms with Gasteiger partial charge >= 0.3 is 5.97 Å². The highest BCUT2D eigenvalue weighted by Crippen LogP contribution is 2.22. The highest BCUT2D eigenvalue weighted by Gasteiger charge is 2.17. The summed E-state index contributed by atoms with van der Waals surface area (Å²) in [5.41, 5.74) is 0.811. The van der Waals surface area contributed by atoms with E-state index in [2.05, 4.69) is 5.32 Å². The summed E-state index contributed by atoms with van der Waals surface area (Å²) >= 11 is 5.81. The first-order valence-corrected chi connectivity index (χ1v) is 7.63. The fourth-order valence-corrected chi connectivity index (χ4v) is 2.04. The summed E-state index contributed by atoms with van der Waals surface area (Å²) < 4.78 is 30.7. The van der Waals surface area contributed by atoms with Crippen LogP contribution in [0, 0.1) is 11.6 Å². The molecule has 0 spiro atoms. The Kier molecular flexibility index (Phi) is 6.25. The molecule has 130 valence electrons. The molecule has 7 heteroatoms. The van der Waals surface area contributed by atoms with E-state index in [1.807, 2.05) is 0 Å². The molecule has 0 aliphatic carbocycles. The normalized spacial score (nSPS) is 12.0. The number of benzene rings is 2. The quantitative estimate of drug-likeness (QED) is 0.638. The molecule has 1 atom stereocenters. The maximum atomic E-state index is 13.0. The molecule has 1 N–H and O–H groups in total. The van der Waals surface area contributed by atoms with Crippen molar-refractivity contribution in [2.24, 2.45) is 0 Å². The summed E-state index contributed by atoms with van der Waals surface area (Å²) in [6.45, 7) is 1.39. The molecule has 0 radical (unpaired) electrons. The molecule has 0 saturated carbocycles. The number of carbonyl (C=O) groups excluding carboxylic acids is 2. The molecular formula is C18H14ClF2NO3. The zero-order chi connectivity index (χ0) is 18.4. The van der Waals surface area contributed by atoms with E-state index in [4.69, 9.17) is 16.3 Å². The van der Waals surface area contributed by atoms with E-state index >= 15 is 0 Å². The van der Waals surface area contributed by atoms with Gasteiger partial charge in [0.25, 0.3) is 5.91 Å². The third kappa shape index (κ3) is 5.69. The van der Waals surface area contributed by atoms with E-state index < -0.39 is 23.8 Å². The summed E-state index contributed by atoms with van der Waals surface area (Å²) in [5, 5.41) is 2.47. The number of nitrogens with one attached hydrogen (secondary N) is 1. The smallest absolute Gasteiger partial charge is 0.331 e. The second-order valence-corrected chi connectivity index (χ2v) is 5.48. The minimum absolute atomic E-state index is 0.0306. The van der Waals surface area contributed by atoms with Crippen molar-refractivity contribution >= 4 is 35.2 Å². The Morgan fingerprint density at radius 1 is 1.12 bits per heavy atom. The fraction of sp³-hybridized carbons (Fsp3) is 0.111. The SMILES string of the molecule is CC(OC(=O)/C=C/c1ccc(F)cc1)C(=O)Nc1ccc(F)cc1Cl. The van der Waals surface area contributed by atoms with Gasteiger partial charge in [-0.2, -0.15) is 0 Å². The third-order valence-corrected chi connectivity index (χ3v) is 3.45. The van der Waals surface area contributed by atoms with E-state index in [1.54, 1.807) is 0 Å². The van der Waals surface area contributed by atoms with Crippen LogP contribution in [0.5, 0.6) is 0 Å². The number of anilines is 1. The largest absolute Gasteiger partial charge is 0.449 e. The first-order chi connectivity index (χ1) is 11.8. The van der Waals surface area contributed by atoms with Crippen molar-refractivity contribution in [3.63, 3.8) is 0 Å². The minimum Gasteiger partial charge on any atom is -0.449 e. The first-order valence-electron chi connectivity index (χ1n) is 7.25. The van der Waals surface area contributed by atoms with Crippen LogP contribution in [-0.4, -0.2) is 18.0 Å². The van der Waals surface area contributed by atoms with Crippen LogP contribution in [0.1, 0.15) is 12.5 Å². The molecule has 0 aromatic heterocycles. The van der Waals surface area contributed by atoms with E-state index in [9.17, 15) is 18.4 Å². The van der Waals surface area contributed by atoms with Gasteiger partial charge in [-0.15, -0.1) is 0 Å². The van der Waals surface area contributed by atoms with E-state index in [-0.39, 0.29) is 16.5 Å². The summed E-state index contributed by atoms with van der Waals surface area (Å²) in [6, 6.07) is 9.00. The average Bonchev–Trinajstić information content (AvgIpc) is 2.56. The molecule has 0 heterocycles. The van der Waals surface area contributed by atoms with E-state index in [0.717, 1.165) is 18.2 Å². The van der Waals surface area contributed by atoms with Crippen molar-refractivity contribution < 1.29 is 23.1 Å². The van der Waals surface area contributed by atoms with Crippen molar-refractivity contribution in [3.05, 3.63) is 70.8 Å². The van der Waals surface area contributed by atoms with Crippen LogP contribution in [0.4, 0.5) is 14.5 Å².